The lowest BCUT2D eigenvalue weighted by Crippen LogP contribution is -2.20. The standard InChI is InChI=1S/C16H19ClN2O.C3H6.CH2O/c1-11-7-15(17)4-3-13(11)8-19-6-5-14(9-19)16-18-12(2)10-20-16;1-3-2;1-2/h3-4,7,10,14H,5-6,8-9H2,1-2H3;3H,1H2,2H3;1H2. The number of aromatic nitrogens is 1. The first kappa shape index (κ1) is 21.1. The molecule has 3 rings (SSSR count). The Bertz CT molecular complexity index is 669. The van der Waals surface area contributed by atoms with Crippen molar-refractivity contribution in [1.82, 2.24) is 9.88 Å². The van der Waals surface area contributed by atoms with Crippen LogP contribution < -0.4 is 0 Å². The summed E-state index contributed by atoms with van der Waals surface area (Å²) in [6.07, 6.45) is 4.61. The van der Waals surface area contributed by atoms with Gasteiger partial charge in [-0.3, -0.25) is 4.90 Å². The lowest BCUT2D eigenvalue weighted by Gasteiger charge is -2.17. The van der Waals surface area contributed by atoms with E-state index in [0.717, 1.165) is 42.7 Å². The van der Waals surface area contributed by atoms with Crippen LogP contribution in [-0.2, 0) is 11.3 Å². The molecule has 4 nitrogen and oxygen atoms in total. The molecule has 0 spiro atoms. The molecule has 136 valence electrons. The maximum Gasteiger partial charge on any atom is 0.198 e. The highest BCUT2D eigenvalue weighted by atomic mass is 35.5. The van der Waals surface area contributed by atoms with Gasteiger partial charge in [0, 0.05) is 24.0 Å². The van der Waals surface area contributed by atoms with Gasteiger partial charge in [0.05, 0.1) is 5.69 Å². The average Bonchev–Trinajstić information content (AvgIpc) is 3.22. The second-order valence-corrected chi connectivity index (χ2v) is 6.46. The number of aryl methyl sites for hydroxylation is 2. The number of carbonyl (C=O) groups excluding carboxylic acids is 1. The van der Waals surface area contributed by atoms with Crippen molar-refractivity contribution in [2.75, 3.05) is 13.1 Å². The Labute approximate surface area is 155 Å². The smallest absolute Gasteiger partial charge is 0.198 e. The normalized spacial score (nSPS) is 16.4. The molecule has 1 unspecified atom stereocenters. The topological polar surface area (TPSA) is 46.3 Å². The van der Waals surface area contributed by atoms with Crippen molar-refractivity contribution in [3.8, 4) is 0 Å². The van der Waals surface area contributed by atoms with Crippen molar-refractivity contribution in [2.45, 2.75) is 39.7 Å². The van der Waals surface area contributed by atoms with Crippen LogP contribution in [0.3, 0.4) is 0 Å². The van der Waals surface area contributed by atoms with Gasteiger partial charge in [-0.25, -0.2) is 4.98 Å². The first-order valence-electron chi connectivity index (χ1n) is 8.28. The fourth-order valence-corrected chi connectivity index (χ4v) is 3.04. The molecule has 1 aromatic heterocycles. The van der Waals surface area contributed by atoms with E-state index in [1.54, 1.807) is 12.3 Å². The van der Waals surface area contributed by atoms with Gasteiger partial charge in [0.15, 0.2) is 5.89 Å². The van der Waals surface area contributed by atoms with E-state index in [1.807, 2.05) is 32.8 Å². The zero-order valence-electron chi connectivity index (χ0n) is 15.3. The minimum Gasteiger partial charge on any atom is -0.448 e. The number of halogens is 1. The Morgan fingerprint density at radius 1 is 1.40 bits per heavy atom. The van der Waals surface area contributed by atoms with Gasteiger partial charge in [0.1, 0.15) is 13.1 Å². The van der Waals surface area contributed by atoms with Gasteiger partial charge in [-0.15, -0.1) is 6.58 Å². The van der Waals surface area contributed by atoms with Crippen molar-refractivity contribution >= 4 is 18.4 Å². The molecular formula is C20H27ClN2O2. The molecule has 0 saturated carbocycles. The minimum atomic E-state index is 0.427. The van der Waals surface area contributed by atoms with Crippen molar-refractivity contribution in [1.29, 1.82) is 0 Å². The number of nitrogens with zero attached hydrogens (tertiary/aromatic N) is 2. The van der Waals surface area contributed by atoms with Gasteiger partial charge in [-0.05, 0) is 57.0 Å². The molecule has 0 bridgehead atoms. The lowest BCUT2D eigenvalue weighted by molar-refractivity contribution is -0.0979. The Kier molecular flexibility index (Phi) is 9.17. The number of allylic oxidation sites excluding steroid dienone is 1. The van der Waals surface area contributed by atoms with E-state index in [1.165, 1.54) is 11.1 Å². The Hall–Kier alpha value is -1.91. The van der Waals surface area contributed by atoms with Crippen molar-refractivity contribution in [3.63, 3.8) is 0 Å². The van der Waals surface area contributed by atoms with E-state index >= 15 is 0 Å². The molecular weight excluding hydrogens is 336 g/mol. The van der Waals surface area contributed by atoms with Crippen molar-refractivity contribution < 1.29 is 9.21 Å². The van der Waals surface area contributed by atoms with Gasteiger partial charge in [-0.2, -0.15) is 0 Å². The highest BCUT2D eigenvalue weighted by Gasteiger charge is 2.27. The molecule has 5 heteroatoms. The summed E-state index contributed by atoms with van der Waals surface area (Å²) in [6.45, 7) is 14.4. The summed E-state index contributed by atoms with van der Waals surface area (Å²) in [5.41, 5.74) is 3.57. The number of likely N-dealkylation sites (tertiary alicyclic amines) is 1. The summed E-state index contributed by atoms with van der Waals surface area (Å²) >= 11 is 6.00. The molecule has 1 aromatic carbocycles. The molecule has 1 aliphatic heterocycles. The van der Waals surface area contributed by atoms with Gasteiger partial charge < -0.3 is 9.21 Å². The summed E-state index contributed by atoms with van der Waals surface area (Å²) in [5.74, 6) is 1.31. The largest absolute Gasteiger partial charge is 0.448 e. The third-order valence-corrected chi connectivity index (χ3v) is 4.19. The SMILES string of the molecule is C=CC.C=O.Cc1coc(C2CCN(Cc3ccc(Cl)cc3C)C2)n1. The number of hydrogen-bond donors (Lipinski definition) is 0. The van der Waals surface area contributed by atoms with E-state index in [9.17, 15) is 0 Å². The van der Waals surface area contributed by atoms with Gasteiger partial charge in [0.25, 0.3) is 0 Å². The minimum absolute atomic E-state index is 0.427. The zero-order valence-corrected chi connectivity index (χ0v) is 16.1. The van der Waals surface area contributed by atoms with E-state index < -0.39 is 0 Å². The number of rotatable bonds is 3. The molecule has 1 fully saturated rings. The van der Waals surface area contributed by atoms with Crippen molar-refractivity contribution in [3.05, 3.63) is 64.9 Å². The molecule has 1 aliphatic rings. The lowest BCUT2D eigenvalue weighted by atomic mass is 10.1. The monoisotopic (exact) mass is 362 g/mol. The van der Waals surface area contributed by atoms with Crippen LogP contribution in [-0.4, -0.2) is 29.8 Å². The third-order valence-electron chi connectivity index (χ3n) is 3.96. The third kappa shape index (κ3) is 6.48. The van der Waals surface area contributed by atoms with Crippen LogP contribution in [0.1, 0.15) is 42.0 Å². The first-order chi connectivity index (χ1) is 12.0. The number of carbonyl (C=O) groups is 1. The number of oxazole rings is 1. The van der Waals surface area contributed by atoms with Crippen LogP contribution in [0.2, 0.25) is 5.02 Å². The summed E-state index contributed by atoms with van der Waals surface area (Å²) in [5, 5.41) is 0.806. The van der Waals surface area contributed by atoms with Gasteiger partial charge in [-0.1, -0.05) is 23.7 Å². The van der Waals surface area contributed by atoms with Gasteiger partial charge in [0.2, 0.25) is 0 Å². The van der Waals surface area contributed by atoms with Gasteiger partial charge >= 0.3 is 0 Å². The zero-order chi connectivity index (χ0) is 18.8. The second-order valence-electron chi connectivity index (χ2n) is 6.03. The van der Waals surface area contributed by atoms with Crippen LogP contribution in [0.15, 0.2) is 41.5 Å². The second kappa shape index (κ2) is 10.9. The Morgan fingerprint density at radius 3 is 2.64 bits per heavy atom. The fourth-order valence-electron chi connectivity index (χ4n) is 2.82. The number of hydrogen-bond acceptors (Lipinski definition) is 4. The molecule has 1 atom stereocenters. The molecule has 25 heavy (non-hydrogen) atoms. The predicted octanol–water partition coefficient (Wildman–Crippen LogP) is 4.94. The molecule has 1 saturated heterocycles. The summed E-state index contributed by atoms with van der Waals surface area (Å²) < 4.78 is 5.53. The molecule has 2 aromatic rings. The molecule has 0 aliphatic carbocycles. The van der Waals surface area contributed by atoms with Crippen LogP contribution in [0.5, 0.6) is 0 Å². The maximum absolute atomic E-state index is 8.00. The molecule has 0 amide bonds. The summed E-state index contributed by atoms with van der Waals surface area (Å²) in [7, 11) is 0. The summed E-state index contributed by atoms with van der Waals surface area (Å²) in [4.78, 5) is 14.9. The van der Waals surface area contributed by atoms with Crippen LogP contribution in [0.25, 0.3) is 0 Å². The fraction of sp³-hybridized carbons (Fsp3) is 0.400. The van der Waals surface area contributed by atoms with E-state index in [-0.39, 0.29) is 0 Å². The highest BCUT2D eigenvalue weighted by Crippen LogP contribution is 2.28. The number of benzene rings is 1. The quantitative estimate of drug-likeness (QED) is 0.725. The molecule has 2 heterocycles. The predicted molar refractivity (Wildman–Crippen MR) is 103 cm³/mol. The Balaban J connectivity index is 0.000000567. The van der Waals surface area contributed by atoms with E-state index in [4.69, 9.17) is 20.8 Å². The highest BCUT2D eigenvalue weighted by molar-refractivity contribution is 6.30. The average molecular weight is 363 g/mol. The van der Waals surface area contributed by atoms with E-state index in [2.05, 4.69) is 29.5 Å². The van der Waals surface area contributed by atoms with Crippen LogP contribution in [0.4, 0.5) is 0 Å². The van der Waals surface area contributed by atoms with E-state index in [0.29, 0.717) is 5.92 Å². The summed E-state index contributed by atoms with van der Waals surface area (Å²) in [6, 6.07) is 6.12. The Morgan fingerprint density at radius 2 is 2.08 bits per heavy atom. The molecule has 0 N–H and O–H groups in total. The van der Waals surface area contributed by atoms with Crippen LogP contribution in [0, 0.1) is 13.8 Å². The van der Waals surface area contributed by atoms with Crippen molar-refractivity contribution in [2.24, 2.45) is 0 Å². The molecule has 0 radical (unpaired) electrons. The first-order valence-corrected chi connectivity index (χ1v) is 8.66. The maximum atomic E-state index is 8.00. The van der Waals surface area contributed by atoms with Crippen LogP contribution >= 0.6 is 11.6 Å².